The molecule has 1 aromatic heterocycles. The van der Waals surface area contributed by atoms with Crippen LogP contribution in [0.4, 0.5) is 5.69 Å². The highest BCUT2D eigenvalue weighted by atomic mass is 16.1. The largest absolute Gasteiger partial charge is 0.397 e. The lowest BCUT2D eigenvalue weighted by atomic mass is 10.2. The maximum Gasteiger partial charge on any atom is 0.251 e. The molecule has 14 heavy (non-hydrogen) atoms. The number of rotatable bonds is 1. The number of anilines is 1. The maximum absolute atomic E-state index is 11.7. The summed E-state index contributed by atoms with van der Waals surface area (Å²) >= 11 is 0. The molecule has 0 unspecified atom stereocenters. The van der Waals surface area contributed by atoms with Gasteiger partial charge < -0.3 is 10.3 Å². The van der Waals surface area contributed by atoms with E-state index in [1.54, 1.807) is 16.8 Å². The van der Waals surface area contributed by atoms with Crippen LogP contribution in [-0.4, -0.2) is 4.57 Å². The van der Waals surface area contributed by atoms with Gasteiger partial charge >= 0.3 is 0 Å². The van der Waals surface area contributed by atoms with Gasteiger partial charge in [-0.15, -0.1) is 0 Å². The SMILES string of the molecule is Cc1cc(=O)n(C2CCCC2)cc1N. The number of nitrogens with zero attached hydrogens (tertiary/aromatic N) is 1. The molecule has 3 nitrogen and oxygen atoms in total. The molecule has 2 N–H and O–H groups in total. The molecule has 1 aliphatic rings. The highest BCUT2D eigenvalue weighted by molar-refractivity contribution is 5.43. The summed E-state index contributed by atoms with van der Waals surface area (Å²) < 4.78 is 1.80. The fourth-order valence-electron chi connectivity index (χ4n) is 2.13. The summed E-state index contributed by atoms with van der Waals surface area (Å²) in [7, 11) is 0. The molecule has 0 spiro atoms. The standard InChI is InChI=1S/C11H16N2O/c1-8-6-11(14)13(7-10(8)12)9-4-2-3-5-9/h6-7,9H,2-5,12H2,1H3. The first kappa shape index (κ1) is 9.31. The molecule has 76 valence electrons. The fourth-order valence-corrected chi connectivity index (χ4v) is 2.13. The van der Waals surface area contributed by atoms with E-state index in [1.165, 1.54) is 12.8 Å². The Labute approximate surface area is 83.5 Å². The molecule has 3 heteroatoms. The molecule has 1 saturated carbocycles. The van der Waals surface area contributed by atoms with E-state index in [2.05, 4.69) is 0 Å². The summed E-state index contributed by atoms with van der Waals surface area (Å²) in [6.07, 6.45) is 6.48. The second-order valence-electron chi connectivity index (χ2n) is 4.10. The first-order valence-electron chi connectivity index (χ1n) is 5.17. The van der Waals surface area contributed by atoms with Crippen molar-refractivity contribution in [1.82, 2.24) is 4.57 Å². The Morgan fingerprint density at radius 3 is 2.71 bits per heavy atom. The van der Waals surface area contributed by atoms with Gasteiger partial charge in [0.2, 0.25) is 0 Å². The minimum atomic E-state index is 0.0867. The molecule has 0 radical (unpaired) electrons. The summed E-state index contributed by atoms with van der Waals surface area (Å²) in [5.74, 6) is 0. The molecule has 0 amide bonds. The average molecular weight is 192 g/mol. The van der Waals surface area contributed by atoms with Gasteiger partial charge in [-0.3, -0.25) is 4.79 Å². The fraction of sp³-hybridized carbons (Fsp3) is 0.545. The van der Waals surface area contributed by atoms with E-state index in [-0.39, 0.29) is 5.56 Å². The molecule has 0 bridgehead atoms. The smallest absolute Gasteiger partial charge is 0.251 e. The van der Waals surface area contributed by atoms with Crippen molar-refractivity contribution in [3.8, 4) is 0 Å². The van der Waals surface area contributed by atoms with Crippen molar-refractivity contribution >= 4 is 5.69 Å². The predicted molar refractivity (Wildman–Crippen MR) is 57.4 cm³/mol. The van der Waals surface area contributed by atoms with Crippen molar-refractivity contribution in [2.24, 2.45) is 0 Å². The van der Waals surface area contributed by atoms with Crippen molar-refractivity contribution < 1.29 is 0 Å². The Hall–Kier alpha value is -1.25. The van der Waals surface area contributed by atoms with Crippen molar-refractivity contribution in [3.05, 3.63) is 28.2 Å². The third kappa shape index (κ3) is 1.54. The molecule has 0 aliphatic heterocycles. The van der Waals surface area contributed by atoms with E-state index in [9.17, 15) is 4.79 Å². The highest BCUT2D eigenvalue weighted by Crippen LogP contribution is 2.28. The number of aromatic nitrogens is 1. The molecule has 0 aromatic carbocycles. The van der Waals surface area contributed by atoms with E-state index in [0.29, 0.717) is 6.04 Å². The number of aryl methyl sites for hydroxylation is 1. The number of nitrogen functional groups attached to an aromatic ring is 1. The third-order valence-electron chi connectivity index (χ3n) is 3.05. The molecule has 1 fully saturated rings. The normalized spacial score (nSPS) is 17.5. The zero-order valence-electron chi connectivity index (χ0n) is 8.49. The topological polar surface area (TPSA) is 48.0 Å². The van der Waals surface area contributed by atoms with Crippen LogP contribution in [0.1, 0.15) is 37.3 Å². The molecule has 1 heterocycles. The lowest BCUT2D eigenvalue weighted by molar-refractivity contribution is 0.503. The van der Waals surface area contributed by atoms with Crippen LogP contribution < -0.4 is 11.3 Å². The van der Waals surface area contributed by atoms with Crippen LogP contribution in [0.15, 0.2) is 17.1 Å². The molecule has 1 aliphatic carbocycles. The van der Waals surface area contributed by atoms with Crippen molar-refractivity contribution in [2.75, 3.05) is 5.73 Å². The molecule has 0 saturated heterocycles. The van der Waals surface area contributed by atoms with Gasteiger partial charge in [0.05, 0.1) is 5.69 Å². The summed E-state index contributed by atoms with van der Waals surface area (Å²) in [6, 6.07) is 2.01. The lowest BCUT2D eigenvalue weighted by Crippen LogP contribution is -2.23. The minimum absolute atomic E-state index is 0.0867. The highest BCUT2D eigenvalue weighted by Gasteiger charge is 2.17. The summed E-state index contributed by atoms with van der Waals surface area (Å²) in [5, 5.41) is 0. The van der Waals surface area contributed by atoms with Gasteiger partial charge in [0.25, 0.3) is 5.56 Å². The number of hydrogen-bond acceptors (Lipinski definition) is 2. The Morgan fingerprint density at radius 2 is 2.07 bits per heavy atom. The van der Waals surface area contributed by atoms with Crippen molar-refractivity contribution in [3.63, 3.8) is 0 Å². The zero-order valence-corrected chi connectivity index (χ0v) is 8.49. The zero-order chi connectivity index (χ0) is 10.1. The van der Waals surface area contributed by atoms with Gasteiger partial charge in [0.1, 0.15) is 0 Å². The van der Waals surface area contributed by atoms with Crippen LogP contribution in [0.3, 0.4) is 0 Å². The summed E-state index contributed by atoms with van der Waals surface area (Å²) in [4.78, 5) is 11.7. The van der Waals surface area contributed by atoms with Gasteiger partial charge in [0, 0.05) is 18.3 Å². The molecular formula is C11H16N2O. The molecular weight excluding hydrogens is 176 g/mol. The number of nitrogens with two attached hydrogens (primary N) is 1. The van der Waals surface area contributed by atoms with Crippen molar-refractivity contribution in [2.45, 2.75) is 38.6 Å². The summed E-state index contributed by atoms with van der Waals surface area (Å²) in [5.41, 5.74) is 7.48. The van der Waals surface area contributed by atoms with Crippen LogP contribution in [0, 0.1) is 6.92 Å². The predicted octanol–water partition coefficient (Wildman–Crippen LogP) is 1.85. The second kappa shape index (κ2) is 3.48. The lowest BCUT2D eigenvalue weighted by Gasteiger charge is -2.14. The van der Waals surface area contributed by atoms with E-state index >= 15 is 0 Å². The third-order valence-corrected chi connectivity index (χ3v) is 3.05. The van der Waals surface area contributed by atoms with E-state index < -0.39 is 0 Å². The molecule has 2 rings (SSSR count). The van der Waals surface area contributed by atoms with E-state index in [1.807, 2.05) is 6.92 Å². The van der Waals surface area contributed by atoms with Crippen LogP contribution >= 0.6 is 0 Å². The van der Waals surface area contributed by atoms with Gasteiger partial charge in [-0.1, -0.05) is 12.8 Å². The van der Waals surface area contributed by atoms with Crippen LogP contribution in [-0.2, 0) is 0 Å². The quantitative estimate of drug-likeness (QED) is 0.738. The Morgan fingerprint density at radius 1 is 1.43 bits per heavy atom. The Kier molecular flexibility index (Phi) is 2.32. The van der Waals surface area contributed by atoms with Gasteiger partial charge in [-0.2, -0.15) is 0 Å². The van der Waals surface area contributed by atoms with Gasteiger partial charge in [-0.25, -0.2) is 0 Å². The Bertz CT molecular complexity index is 389. The van der Waals surface area contributed by atoms with Gasteiger partial charge in [0.15, 0.2) is 0 Å². The first-order valence-corrected chi connectivity index (χ1v) is 5.17. The van der Waals surface area contributed by atoms with Crippen molar-refractivity contribution in [1.29, 1.82) is 0 Å². The monoisotopic (exact) mass is 192 g/mol. The maximum atomic E-state index is 11.7. The minimum Gasteiger partial charge on any atom is -0.397 e. The number of hydrogen-bond donors (Lipinski definition) is 1. The molecule has 0 atom stereocenters. The van der Waals surface area contributed by atoms with Gasteiger partial charge in [-0.05, 0) is 25.3 Å². The van der Waals surface area contributed by atoms with E-state index in [4.69, 9.17) is 5.73 Å². The summed E-state index contributed by atoms with van der Waals surface area (Å²) in [6.45, 7) is 1.87. The van der Waals surface area contributed by atoms with Crippen LogP contribution in [0.5, 0.6) is 0 Å². The van der Waals surface area contributed by atoms with Crippen LogP contribution in [0.25, 0.3) is 0 Å². The Balaban J connectivity index is 2.42. The van der Waals surface area contributed by atoms with Crippen LogP contribution in [0.2, 0.25) is 0 Å². The van der Waals surface area contributed by atoms with E-state index in [0.717, 1.165) is 24.1 Å². The number of pyridine rings is 1. The first-order chi connectivity index (χ1) is 6.68. The second-order valence-corrected chi connectivity index (χ2v) is 4.10. The molecule has 1 aromatic rings. The average Bonchev–Trinajstić information content (AvgIpc) is 2.64.